The molecule has 2 unspecified atom stereocenters. The number of hydrogen-bond donors (Lipinski definition) is 0. The molecule has 146 valence electrons. The van der Waals surface area contributed by atoms with Crippen LogP contribution in [0.3, 0.4) is 0 Å². The van der Waals surface area contributed by atoms with Crippen LogP contribution in [0.25, 0.3) is 0 Å². The maximum atomic E-state index is 9.58. The first-order valence-corrected chi connectivity index (χ1v) is 10.3. The van der Waals surface area contributed by atoms with Gasteiger partial charge in [0.1, 0.15) is 6.07 Å². The number of nitriles is 1. The largest absolute Gasteiger partial charge is 0.423 e. The summed E-state index contributed by atoms with van der Waals surface area (Å²) in [6, 6.07) is 23.3. The van der Waals surface area contributed by atoms with E-state index in [2.05, 4.69) is 75.5 Å². The van der Waals surface area contributed by atoms with Crippen LogP contribution in [0.1, 0.15) is 41.0 Å². The lowest BCUT2D eigenvalue weighted by molar-refractivity contribution is 0.245. The molecule has 1 aliphatic carbocycles. The molecule has 2 fully saturated rings. The number of anilines is 1. The molecular formula is C24H24N4O. The van der Waals surface area contributed by atoms with Crippen molar-refractivity contribution >= 4 is 5.88 Å². The average molecular weight is 384 g/mol. The molecule has 0 bridgehead atoms. The van der Waals surface area contributed by atoms with Crippen molar-refractivity contribution in [3.05, 3.63) is 83.4 Å². The molecule has 3 aromatic rings. The summed E-state index contributed by atoms with van der Waals surface area (Å²) < 4.78 is 6.15. The van der Waals surface area contributed by atoms with Gasteiger partial charge in [-0.2, -0.15) is 5.26 Å². The van der Waals surface area contributed by atoms with Crippen LogP contribution in [0.2, 0.25) is 0 Å². The van der Waals surface area contributed by atoms with Gasteiger partial charge in [0, 0.05) is 38.6 Å². The zero-order chi connectivity index (χ0) is 19.6. The van der Waals surface area contributed by atoms with Gasteiger partial charge in [-0.25, -0.2) is 4.98 Å². The van der Waals surface area contributed by atoms with Crippen LogP contribution in [-0.4, -0.2) is 36.1 Å². The Labute approximate surface area is 171 Å². The highest BCUT2D eigenvalue weighted by molar-refractivity contribution is 5.49. The highest BCUT2D eigenvalue weighted by atomic mass is 16.4. The molecule has 1 aromatic heterocycles. The van der Waals surface area contributed by atoms with Gasteiger partial charge >= 0.3 is 0 Å². The number of hydrogen-bond acceptors (Lipinski definition) is 5. The van der Waals surface area contributed by atoms with Gasteiger partial charge in [0.2, 0.25) is 17.5 Å². The molecule has 1 aliphatic heterocycles. The lowest BCUT2D eigenvalue weighted by Gasteiger charge is -2.34. The van der Waals surface area contributed by atoms with E-state index >= 15 is 0 Å². The average Bonchev–Trinajstić information content (AvgIpc) is 3.47. The molecule has 29 heavy (non-hydrogen) atoms. The van der Waals surface area contributed by atoms with E-state index in [-0.39, 0.29) is 5.92 Å². The van der Waals surface area contributed by atoms with Gasteiger partial charge in [-0.1, -0.05) is 60.7 Å². The Morgan fingerprint density at radius 1 is 0.931 bits per heavy atom. The van der Waals surface area contributed by atoms with Crippen molar-refractivity contribution in [1.82, 2.24) is 9.88 Å². The molecule has 2 atom stereocenters. The van der Waals surface area contributed by atoms with Gasteiger partial charge in [0.15, 0.2) is 0 Å². The van der Waals surface area contributed by atoms with E-state index in [1.165, 1.54) is 11.1 Å². The van der Waals surface area contributed by atoms with E-state index in [0.717, 1.165) is 45.0 Å². The van der Waals surface area contributed by atoms with E-state index in [1.807, 2.05) is 6.07 Å². The summed E-state index contributed by atoms with van der Waals surface area (Å²) in [4.78, 5) is 9.17. The molecule has 0 amide bonds. The Morgan fingerprint density at radius 3 is 2.31 bits per heavy atom. The van der Waals surface area contributed by atoms with Crippen molar-refractivity contribution in [2.75, 3.05) is 31.1 Å². The van der Waals surface area contributed by atoms with Crippen molar-refractivity contribution in [1.29, 1.82) is 5.26 Å². The Kier molecular flexibility index (Phi) is 4.79. The minimum Gasteiger partial charge on any atom is -0.423 e. The Balaban J connectivity index is 1.25. The highest BCUT2D eigenvalue weighted by Crippen LogP contribution is 2.54. The smallest absolute Gasteiger partial charge is 0.234 e. The lowest BCUT2D eigenvalue weighted by Crippen LogP contribution is -2.46. The van der Waals surface area contributed by atoms with Crippen LogP contribution in [0.4, 0.5) is 5.88 Å². The van der Waals surface area contributed by atoms with Gasteiger partial charge in [0.25, 0.3) is 0 Å². The minimum atomic E-state index is 0.289. The predicted molar refractivity (Wildman–Crippen MR) is 112 cm³/mol. The monoisotopic (exact) mass is 384 g/mol. The normalized spacial score (nSPS) is 21.7. The number of aromatic nitrogens is 1. The number of benzene rings is 2. The van der Waals surface area contributed by atoms with Crippen molar-refractivity contribution in [2.45, 2.75) is 24.8 Å². The van der Waals surface area contributed by atoms with Gasteiger partial charge in [-0.3, -0.25) is 4.90 Å². The number of oxazole rings is 1. The van der Waals surface area contributed by atoms with Crippen molar-refractivity contribution in [3.8, 4) is 6.07 Å². The number of rotatable bonds is 5. The van der Waals surface area contributed by atoms with Gasteiger partial charge in [0.05, 0.1) is 0 Å². The first-order valence-electron chi connectivity index (χ1n) is 10.3. The maximum absolute atomic E-state index is 9.58. The first-order chi connectivity index (χ1) is 14.3. The quantitative estimate of drug-likeness (QED) is 0.662. The van der Waals surface area contributed by atoms with E-state index in [0.29, 0.717) is 17.5 Å². The standard InChI is InChI=1S/C24H24N4O/c25-16-22-24(28-13-11-27(12-14-28)17-18-7-3-1-4-8-18)29-23(26-22)21-15-20(21)19-9-5-2-6-10-19/h1-10,20-21H,11-15,17H2. The van der Waals surface area contributed by atoms with Crippen molar-refractivity contribution in [3.63, 3.8) is 0 Å². The highest BCUT2D eigenvalue weighted by Gasteiger charge is 2.44. The van der Waals surface area contributed by atoms with Crippen LogP contribution in [0.15, 0.2) is 65.1 Å². The van der Waals surface area contributed by atoms with Crippen LogP contribution >= 0.6 is 0 Å². The first kappa shape index (κ1) is 18.0. The maximum Gasteiger partial charge on any atom is 0.234 e. The SMILES string of the molecule is N#Cc1nc(C2CC2c2ccccc2)oc1N1CCN(Cc2ccccc2)CC1. The van der Waals surface area contributed by atoms with Crippen LogP contribution in [0.5, 0.6) is 0 Å². The topological polar surface area (TPSA) is 56.3 Å². The third-order valence-corrected chi connectivity index (χ3v) is 5.98. The Hall–Kier alpha value is -3.10. The lowest BCUT2D eigenvalue weighted by atomic mass is 10.1. The fourth-order valence-corrected chi connectivity index (χ4v) is 4.26. The molecular weight excluding hydrogens is 360 g/mol. The molecule has 2 aromatic carbocycles. The van der Waals surface area contributed by atoms with Crippen molar-refractivity contribution in [2.24, 2.45) is 0 Å². The molecule has 2 aliphatic rings. The summed E-state index contributed by atoms with van der Waals surface area (Å²) in [5, 5.41) is 9.58. The molecule has 5 rings (SSSR count). The van der Waals surface area contributed by atoms with Crippen LogP contribution in [-0.2, 0) is 6.54 Å². The summed E-state index contributed by atoms with van der Waals surface area (Å²) in [7, 11) is 0. The summed E-state index contributed by atoms with van der Waals surface area (Å²) >= 11 is 0. The molecule has 0 N–H and O–H groups in total. The third-order valence-electron chi connectivity index (χ3n) is 5.98. The molecule has 2 heterocycles. The summed E-state index contributed by atoms with van der Waals surface area (Å²) in [6.45, 7) is 4.56. The molecule has 1 saturated heterocycles. The second-order valence-corrected chi connectivity index (χ2v) is 7.93. The second-order valence-electron chi connectivity index (χ2n) is 7.93. The van der Waals surface area contributed by atoms with Crippen LogP contribution in [0, 0.1) is 11.3 Å². The van der Waals surface area contributed by atoms with Gasteiger partial charge in [-0.15, -0.1) is 0 Å². The van der Waals surface area contributed by atoms with Crippen LogP contribution < -0.4 is 4.90 Å². The van der Waals surface area contributed by atoms with E-state index < -0.39 is 0 Å². The van der Waals surface area contributed by atoms with E-state index in [1.54, 1.807) is 0 Å². The van der Waals surface area contributed by atoms with E-state index in [4.69, 9.17) is 4.42 Å². The number of nitrogens with zero attached hydrogens (tertiary/aromatic N) is 4. The Morgan fingerprint density at radius 2 is 1.62 bits per heavy atom. The van der Waals surface area contributed by atoms with Crippen molar-refractivity contribution < 1.29 is 4.42 Å². The number of piperazine rings is 1. The summed E-state index contributed by atoms with van der Waals surface area (Å²) in [5.74, 6) is 2.12. The van der Waals surface area contributed by atoms with E-state index in [9.17, 15) is 5.26 Å². The summed E-state index contributed by atoms with van der Waals surface area (Å²) in [5.41, 5.74) is 3.09. The predicted octanol–water partition coefficient (Wildman–Crippen LogP) is 4.14. The van der Waals surface area contributed by atoms with Gasteiger partial charge < -0.3 is 9.32 Å². The zero-order valence-corrected chi connectivity index (χ0v) is 16.4. The van der Waals surface area contributed by atoms with Gasteiger partial charge in [-0.05, 0) is 23.5 Å². The molecule has 5 nitrogen and oxygen atoms in total. The molecule has 1 saturated carbocycles. The molecule has 0 radical (unpaired) electrons. The second kappa shape index (κ2) is 7.73. The zero-order valence-electron chi connectivity index (χ0n) is 16.4. The minimum absolute atomic E-state index is 0.289. The fourth-order valence-electron chi connectivity index (χ4n) is 4.26. The molecule has 0 spiro atoms. The Bertz CT molecular complexity index is 1000. The fraction of sp³-hybridized carbons (Fsp3) is 0.333. The third kappa shape index (κ3) is 3.76. The molecule has 5 heteroatoms. The summed E-state index contributed by atoms with van der Waals surface area (Å²) in [6.07, 6.45) is 1.04.